The number of anilines is 1. The van der Waals surface area contributed by atoms with Crippen LogP contribution in [-0.2, 0) is 13.6 Å². The first-order valence-electron chi connectivity index (χ1n) is 8.15. The second-order valence-corrected chi connectivity index (χ2v) is 6.82. The third kappa shape index (κ3) is 2.37. The van der Waals surface area contributed by atoms with E-state index < -0.39 is 5.69 Å². The highest BCUT2D eigenvalue weighted by atomic mass is 35.5. The van der Waals surface area contributed by atoms with Crippen LogP contribution < -0.4 is 16.7 Å². The molecule has 0 saturated heterocycles. The van der Waals surface area contributed by atoms with Crippen LogP contribution in [0.15, 0.2) is 39.0 Å². The van der Waals surface area contributed by atoms with Crippen LogP contribution in [0, 0.1) is 0 Å². The van der Waals surface area contributed by atoms with Gasteiger partial charge >= 0.3 is 5.69 Å². The Bertz CT molecular complexity index is 1190. The first kappa shape index (κ1) is 16.6. The lowest BCUT2D eigenvalue weighted by Crippen LogP contribution is -2.40. The third-order valence-corrected chi connectivity index (χ3v) is 4.96. The number of hydrogen-bond donors (Lipinski definition) is 1. The lowest BCUT2D eigenvalue weighted by atomic mass is 10.2. The van der Waals surface area contributed by atoms with Gasteiger partial charge in [-0.25, -0.2) is 10.2 Å². The second kappa shape index (κ2) is 5.84. The minimum Gasteiger partial charge on any atom is -0.294 e. The molecular formula is C17H17ClN6O2. The molecule has 0 spiro atoms. The predicted octanol–water partition coefficient (Wildman–Crippen LogP) is 1.96. The number of fused-ring (bicyclic) bond motifs is 3. The first-order valence-corrected chi connectivity index (χ1v) is 8.52. The Morgan fingerprint density at radius 1 is 1.31 bits per heavy atom. The highest BCUT2D eigenvalue weighted by Gasteiger charge is 2.26. The number of hydrazone groups is 1. The fourth-order valence-electron chi connectivity index (χ4n) is 3.17. The molecule has 0 saturated carbocycles. The minimum atomic E-state index is -0.428. The van der Waals surface area contributed by atoms with Gasteiger partial charge in [-0.3, -0.25) is 18.5 Å². The molecule has 134 valence electrons. The van der Waals surface area contributed by atoms with E-state index in [9.17, 15) is 9.59 Å². The molecule has 26 heavy (non-hydrogen) atoms. The second-order valence-electron chi connectivity index (χ2n) is 6.38. The van der Waals surface area contributed by atoms with Crippen molar-refractivity contribution in [3.05, 3.63) is 55.7 Å². The van der Waals surface area contributed by atoms with Gasteiger partial charge in [0, 0.05) is 12.1 Å². The standard InChI is InChI=1S/C17H17ClN6O2/c1-9-10(2)24-13-14(19-16(24)21-20-9)22(3)17(26)23(15(13)25)8-11-5-4-6-12(18)7-11/h4-7,10H,8H2,1-3H3,(H,19,21). The lowest BCUT2D eigenvalue weighted by Gasteiger charge is -2.21. The zero-order chi connectivity index (χ0) is 18.6. The van der Waals surface area contributed by atoms with Crippen molar-refractivity contribution in [1.82, 2.24) is 18.7 Å². The molecule has 1 atom stereocenters. The normalized spacial score (nSPS) is 16.3. The van der Waals surface area contributed by atoms with Crippen LogP contribution in [0.3, 0.4) is 0 Å². The summed E-state index contributed by atoms with van der Waals surface area (Å²) in [4.78, 5) is 30.3. The van der Waals surface area contributed by atoms with Crippen molar-refractivity contribution < 1.29 is 0 Å². The van der Waals surface area contributed by atoms with Crippen molar-refractivity contribution >= 4 is 34.4 Å². The SMILES string of the molecule is CC1=NNc2nc3c(c(=O)n(Cc4cccc(Cl)c4)c(=O)n3C)n2C1C. The van der Waals surface area contributed by atoms with Crippen molar-refractivity contribution in [2.75, 3.05) is 5.43 Å². The van der Waals surface area contributed by atoms with Gasteiger partial charge in [-0.05, 0) is 31.5 Å². The van der Waals surface area contributed by atoms with E-state index in [1.54, 1.807) is 29.8 Å². The highest BCUT2D eigenvalue weighted by Crippen LogP contribution is 2.25. The van der Waals surface area contributed by atoms with Gasteiger partial charge in [-0.2, -0.15) is 10.1 Å². The van der Waals surface area contributed by atoms with Gasteiger partial charge in [0.15, 0.2) is 11.2 Å². The van der Waals surface area contributed by atoms with Gasteiger partial charge in [-0.1, -0.05) is 23.7 Å². The van der Waals surface area contributed by atoms with E-state index in [4.69, 9.17) is 11.6 Å². The summed E-state index contributed by atoms with van der Waals surface area (Å²) in [5.41, 5.74) is 4.34. The summed E-state index contributed by atoms with van der Waals surface area (Å²) in [6, 6.07) is 6.97. The average Bonchev–Trinajstić information content (AvgIpc) is 3.01. The summed E-state index contributed by atoms with van der Waals surface area (Å²) in [5, 5.41) is 4.76. The summed E-state index contributed by atoms with van der Waals surface area (Å²) in [6.07, 6.45) is 0. The molecular weight excluding hydrogens is 356 g/mol. The van der Waals surface area contributed by atoms with Crippen LogP contribution in [-0.4, -0.2) is 24.4 Å². The van der Waals surface area contributed by atoms with E-state index >= 15 is 0 Å². The molecule has 1 unspecified atom stereocenters. The molecule has 3 heterocycles. The number of rotatable bonds is 2. The molecule has 0 fully saturated rings. The molecule has 1 aliphatic heterocycles. The van der Waals surface area contributed by atoms with Gasteiger partial charge in [0.1, 0.15) is 0 Å². The van der Waals surface area contributed by atoms with E-state index in [0.717, 1.165) is 11.3 Å². The van der Waals surface area contributed by atoms with Gasteiger partial charge < -0.3 is 0 Å². The third-order valence-electron chi connectivity index (χ3n) is 4.73. The molecule has 8 nitrogen and oxygen atoms in total. The molecule has 9 heteroatoms. The number of halogens is 1. The van der Waals surface area contributed by atoms with Crippen molar-refractivity contribution in [2.45, 2.75) is 26.4 Å². The highest BCUT2D eigenvalue weighted by molar-refractivity contribution is 6.30. The summed E-state index contributed by atoms with van der Waals surface area (Å²) >= 11 is 6.02. The van der Waals surface area contributed by atoms with E-state index in [1.807, 2.05) is 19.9 Å². The van der Waals surface area contributed by atoms with E-state index in [-0.39, 0.29) is 18.1 Å². The van der Waals surface area contributed by atoms with Crippen LogP contribution in [0.4, 0.5) is 5.95 Å². The smallest absolute Gasteiger partial charge is 0.294 e. The summed E-state index contributed by atoms with van der Waals surface area (Å²) in [5.74, 6) is 0.450. The van der Waals surface area contributed by atoms with Gasteiger partial charge in [-0.15, -0.1) is 0 Å². The Morgan fingerprint density at radius 2 is 2.08 bits per heavy atom. The maximum Gasteiger partial charge on any atom is 0.332 e. The van der Waals surface area contributed by atoms with E-state index in [2.05, 4.69) is 15.5 Å². The number of hydrogen-bond acceptors (Lipinski definition) is 5. The maximum atomic E-state index is 13.2. The predicted molar refractivity (Wildman–Crippen MR) is 101 cm³/mol. The van der Waals surface area contributed by atoms with Gasteiger partial charge in [0.25, 0.3) is 5.56 Å². The number of nitrogens with one attached hydrogen (secondary N) is 1. The Morgan fingerprint density at radius 3 is 2.81 bits per heavy atom. The summed E-state index contributed by atoms with van der Waals surface area (Å²) in [7, 11) is 1.61. The van der Waals surface area contributed by atoms with Crippen molar-refractivity contribution in [3.63, 3.8) is 0 Å². The fraction of sp³-hybridized carbons (Fsp3) is 0.294. The summed E-state index contributed by atoms with van der Waals surface area (Å²) < 4.78 is 4.38. The molecule has 0 radical (unpaired) electrons. The number of aromatic nitrogens is 4. The van der Waals surface area contributed by atoms with Crippen molar-refractivity contribution in [2.24, 2.45) is 12.1 Å². The summed E-state index contributed by atoms with van der Waals surface area (Å²) in [6.45, 7) is 3.95. The quantitative estimate of drug-likeness (QED) is 0.745. The van der Waals surface area contributed by atoms with Crippen molar-refractivity contribution in [1.29, 1.82) is 0 Å². The Hall–Kier alpha value is -2.87. The van der Waals surface area contributed by atoms with Crippen LogP contribution >= 0.6 is 11.6 Å². The fourth-order valence-corrected chi connectivity index (χ4v) is 3.38. The zero-order valence-electron chi connectivity index (χ0n) is 14.5. The monoisotopic (exact) mass is 372 g/mol. The van der Waals surface area contributed by atoms with E-state index in [1.165, 1.54) is 9.13 Å². The topological polar surface area (TPSA) is 86.2 Å². The Balaban J connectivity index is 1.99. The number of nitrogens with zero attached hydrogens (tertiary/aromatic N) is 5. The Labute approximate surface area is 153 Å². The van der Waals surface area contributed by atoms with Crippen LogP contribution in [0.5, 0.6) is 0 Å². The first-order chi connectivity index (χ1) is 12.4. The molecule has 0 amide bonds. The molecule has 1 aromatic carbocycles. The lowest BCUT2D eigenvalue weighted by molar-refractivity contribution is 0.645. The van der Waals surface area contributed by atoms with Crippen molar-refractivity contribution in [3.8, 4) is 0 Å². The molecule has 3 aromatic rings. The van der Waals surface area contributed by atoms with Gasteiger partial charge in [0.2, 0.25) is 5.95 Å². The number of imidazole rings is 1. The maximum absolute atomic E-state index is 13.2. The molecule has 4 rings (SSSR count). The average molecular weight is 373 g/mol. The number of benzene rings is 1. The Kier molecular flexibility index (Phi) is 3.73. The van der Waals surface area contributed by atoms with E-state index in [0.29, 0.717) is 22.1 Å². The minimum absolute atomic E-state index is 0.136. The zero-order valence-corrected chi connectivity index (χ0v) is 15.3. The number of aryl methyl sites for hydroxylation is 1. The van der Waals surface area contributed by atoms with Crippen LogP contribution in [0.2, 0.25) is 5.02 Å². The molecule has 1 aliphatic rings. The van der Waals surface area contributed by atoms with Crippen LogP contribution in [0.1, 0.15) is 25.5 Å². The molecule has 1 N–H and O–H groups in total. The molecule has 0 bridgehead atoms. The molecule has 2 aromatic heterocycles. The van der Waals surface area contributed by atoms with Gasteiger partial charge in [0.05, 0.1) is 18.3 Å². The molecule has 0 aliphatic carbocycles. The largest absolute Gasteiger partial charge is 0.332 e. The van der Waals surface area contributed by atoms with Crippen LogP contribution in [0.25, 0.3) is 11.2 Å².